The number of aryl methyl sites for hydroxylation is 3. The summed E-state index contributed by atoms with van der Waals surface area (Å²) in [6.07, 6.45) is 1.92. The van der Waals surface area contributed by atoms with Gasteiger partial charge in [0.25, 0.3) is 0 Å². The lowest BCUT2D eigenvalue weighted by molar-refractivity contribution is 0.681. The summed E-state index contributed by atoms with van der Waals surface area (Å²) in [7, 11) is 1.96. The summed E-state index contributed by atoms with van der Waals surface area (Å²) < 4.78 is 1.90. The number of hydrogen-bond donors (Lipinski definition) is 1. The van der Waals surface area contributed by atoms with E-state index in [4.69, 9.17) is 0 Å². The summed E-state index contributed by atoms with van der Waals surface area (Å²) in [5, 5.41) is 8.79. The van der Waals surface area contributed by atoms with Crippen LogP contribution >= 0.6 is 11.3 Å². The normalized spacial score (nSPS) is 11.1. The van der Waals surface area contributed by atoms with Crippen LogP contribution in [0, 0.1) is 20.8 Å². The second-order valence-corrected chi connectivity index (χ2v) is 5.52. The zero-order valence-electron chi connectivity index (χ0n) is 10.7. The van der Waals surface area contributed by atoms with E-state index in [9.17, 15) is 0 Å². The Bertz CT molecular complexity index is 493. The van der Waals surface area contributed by atoms with E-state index in [0.29, 0.717) is 0 Å². The van der Waals surface area contributed by atoms with Gasteiger partial charge in [0.2, 0.25) is 0 Å². The van der Waals surface area contributed by atoms with Gasteiger partial charge in [-0.2, -0.15) is 5.10 Å². The van der Waals surface area contributed by atoms with Crippen LogP contribution < -0.4 is 5.32 Å². The van der Waals surface area contributed by atoms with Gasteiger partial charge in [-0.05, 0) is 20.8 Å². The first-order chi connectivity index (χ1) is 8.08. The van der Waals surface area contributed by atoms with Crippen LogP contribution in [0.3, 0.4) is 0 Å². The number of thiazole rings is 1. The molecular formula is C12H18N4S. The molecule has 0 unspecified atom stereocenters. The van der Waals surface area contributed by atoms with Gasteiger partial charge in [0.05, 0.1) is 11.9 Å². The first-order valence-electron chi connectivity index (χ1n) is 5.69. The minimum Gasteiger partial charge on any atom is -0.306 e. The van der Waals surface area contributed by atoms with Crippen molar-refractivity contribution in [2.24, 2.45) is 7.05 Å². The zero-order valence-corrected chi connectivity index (χ0v) is 11.6. The van der Waals surface area contributed by atoms with Crippen molar-refractivity contribution in [2.75, 3.05) is 0 Å². The van der Waals surface area contributed by atoms with Gasteiger partial charge in [0, 0.05) is 36.3 Å². The van der Waals surface area contributed by atoms with Crippen molar-refractivity contribution in [3.63, 3.8) is 0 Å². The summed E-state index contributed by atoms with van der Waals surface area (Å²) in [5.41, 5.74) is 3.60. The molecule has 0 aliphatic rings. The average Bonchev–Trinajstić information content (AvgIpc) is 2.76. The molecule has 1 N–H and O–H groups in total. The number of rotatable bonds is 4. The second-order valence-electron chi connectivity index (χ2n) is 4.23. The summed E-state index contributed by atoms with van der Waals surface area (Å²) in [5.74, 6) is 0. The Morgan fingerprint density at radius 2 is 2.06 bits per heavy atom. The number of nitrogens with one attached hydrogen (secondary N) is 1. The lowest BCUT2D eigenvalue weighted by Crippen LogP contribution is -2.13. The van der Waals surface area contributed by atoms with Gasteiger partial charge < -0.3 is 5.32 Å². The molecule has 0 aliphatic carbocycles. The van der Waals surface area contributed by atoms with E-state index >= 15 is 0 Å². The lowest BCUT2D eigenvalue weighted by atomic mass is 10.2. The number of nitrogens with zero attached hydrogens (tertiary/aromatic N) is 3. The Hall–Kier alpha value is -1.20. The van der Waals surface area contributed by atoms with Gasteiger partial charge in [-0.15, -0.1) is 11.3 Å². The SMILES string of the molecule is Cc1nc(CNCc2cnn(C)c2C)sc1C. The van der Waals surface area contributed by atoms with Crippen molar-refractivity contribution in [1.82, 2.24) is 20.1 Å². The van der Waals surface area contributed by atoms with Crippen LogP contribution in [0.4, 0.5) is 0 Å². The van der Waals surface area contributed by atoms with Gasteiger partial charge >= 0.3 is 0 Å². The first-order valence-corrected chi connectivity index (χ1v) is 6.50. The monoisotopic (exact) mass is 250 g/mol. The van der Waals surface area contributed by atoms with Crippen molar-refractivity contribution in [2.45, 2.75) is 33.9 Å². The second kappa shape index (κ2) is 4.98. The molecule has 0 aliphatic heterocycles. The highest BCUT2D eigenvalue weighted by molar-refractivity contribution is 7.11. The smallest absolute Gasteiger partial charge is 0.107 e. The molecule has 0 saturated heterocycles. The van der Waals surface area contributed by atoms with Crippen LogP contribution in [0.15, 0.2) is 6.20 Å². The molecule has 0 aromatic carbocycles. The highest BCUT2D eigenvalue weighted by Gasteiger charge is 2.05. The highest BCUT2D eigenvalue weighted by atomic mass is 32.1. The van der Waals surface area contributed by atoms with Gasteiger partial charge in [-0.3, -0.25) is 4.68 Å². The maximum absolute atomic E-state index is 4.50. The topological polar surface area (TPSA) is 42.7 Å². The van der Waals surface area contributed by atoms with Crippen molar-refractivity contribution >= 4 is 11.3 Å². The highest BCUT2D eigenvalue weighted by Crippen LogP contribution is 2.16. The molecule has 0 radical (unpaired) electrons. The lowest BCUT2D eigenvalue weighted by Gasteiger charge is -2.02. The third kappa shape index (κ3) is 2.73. The van der Waals surface area contributed by atoms with Crippen molar-refractivity contribution in [3.8, 4) is 0 Å². The standard InChI is InChI=1S/C12H18N4S/c1-8-10(3)17-12(15-8)7-13-5-11-6-14-16(4)9(11)2/h6,13H,5,7H2,1-4H3. The number of hydrogen-bond acceptors (Lipinski definition) is 4. The van der Waals surface area contributed by atoms with Crippen LogP contribution in [0.5, 0.6) is 0 Å². The Balaban J connectivity index is 1.89. The molecule has 2 rings (SSSR count). The molecule has 2 heterocycles. The van der Waals surface area contributed by atoms with Crippen molar-refractivity contribution in [1.29, 1.82) is 0 Å². The van der Waals surface area contributed by atoms with Crippen molar-refractivity contribution < 1.29 is 0 Å². The van der Waals surface area contributed by atoms with Gasteiger partial charge in [0.15, 0.2) is 0 Å². The number of aromatic nitrogens is 3. The molecule has 0 saturated carbocycles. The maximum atomic E-state index is 4.50. The third-order valence-corrected chi connectivity index (χ3v) is 4.07. The maximum Gasteiger partial charge on any atom is 0.107 e. The zero-order chi connectivity index (χ0) is 12.4. The van der Waals surface area contributed by atoms with E-state index in [2.05, 4.69) is 36.2 Å². The Morgan fingerprint density at radius 3 is 2.59 bits per heavy atom. The van der Waals surface area contributed by atoms with Crippen LogP contribution in [0.2, 0.25) is 0 Å². The fourth-order valence-electron chi connectivity index (χ4n) is 1.64. The van der Waals surface area contributed by atoms with Crippen LogP contribution in [0.1, 0.15) is 26.8 Å². The van der Waals surface area contributed by atoms with Gasteiger partial charge in [0.1, 0.15) is 5.01 Å². The molecule has 2 aromatic rings. The van der Waals surface area contributed by atoms with Crippen LogP contribution in [0.25, 0.3) is 0 Å². The Kier molecular flexibility index (Phi) is 3.59. The van der Waals surface area contributed by atoms with E-state index < -0.39 is 0 Å². The van der Waals surface area contributed by atoms with Gasteiger partial charge in [-0.1, -0.05) is 0 Å². The molecule has 0 amide bonds. The van der Waals surface area contributed by atoms with E-state index in [1.807, 2.05) is 17.9 Å². The molecule has 2 aromatic heterocycles. The fourth-order valence-corrected chi connectivity index (χ4v) is 2.54. The molecule has 0 fully saturated rings. The van der Waals surface area contributed by atoms with Crippen molar-refractivity contribution in [3.05, 3.63) is 33.0 Å². The molecular weight excluding hydrogens is 232 g/mol. The quantitative estimate of drug-likeness (QED) is 0.903. The molecule has 4 nitrogen and oxygen atoms in total. The minimum atomic E-state index is 0.827. The Labute approximate surface area is 106 Å². The molecule has 17 heavy (non-hydrogen) atoms. The van der Waals surface area contributed by atoms with E-state index in [1.54, 1.807) is 11.3 Å². The van der Waals surface area contributed by atoms with Crippen LogP contribution in [-0.2, 0) is 20.1 Å². The molecule has 0 spiro atoms. The Morgan fingerprint density at radius 1 is 1.29 bits per heavy atom. The molecule has 0 bridgehead atoms. The van der Waals surface area contributed by atoms with Crippen LogP contribution in [-0.4, -0.2) is 14.8 Å². The summed E-state index contributed by atoms with van der Waals surface area (Å²) >= 11 is 1.76. The van der Waals surface area contributed by atoms with E-state index in [0.717, 1.165) is 23.8 Å². The van der Waals surface area contributed by atoms with Gasteiger partial charge in [-0.25, -0.2) is 4.98 Å². The first kappa shape index (κ1) is 12.3. The van der Waals surface area contributed by atoms with E-state index in [-0.39, 0.29) is 0 Å². The largest absolute Gasteiger partial charge is 0.306 e. The third-order valence-electron chi connectivity index (χ3n) is 3.00. The molecule has 5 heteroatoms. The predicted molar refractivity (Wildman–Crippen MR) is 70.1 cm³/mol. The fraction of sp³-hybridized carbons (Fsp3) is 0.500. The molecule has 92 valence electrons. The van der Waals surface area contributed by atoms with E-state index in [1.165, 1.54) is 16.1 Å². The summed E-state index contributed by atoms with van der Waals surface area (Å²) in [4.78, 5) is 5.81. The minimum absolute atomic E-state index is 0.827. The predicted octanol–water partition coefficient (Wildman–Crippen LogP) is 2.09. The average molecular weight is 250 g/mol. The summed E-state index contributed by atoms with van der Waals surface area (Å²) in [6.45, 7) is 7.93. The summed E-state index contributed by atoms with van der Waals surface area (Å²) in [6, 6.07) is 0. The molecule has 0 atom stereocenters.